The number of carbonyl (C=O) groups excluding carboxylic acids is 1. The van der Waals surface area contributed by atoms with Crippen LogP contribution in [0.1, 0.15) is 41.0 Å². The maximum atomic E-state index is 12.2. The lowest BCUT2D eigenvalue weighted by Crippen LogP contribution is -2.27. The Kier molecular flexibility index (Phi) is 5.11. The van der Waals surface area contributed by atoms with Crippen molar-refractivity contribution in [2.24, 2.45) is 12.8 Å². The number of hydrogen-bond acceptors (Lipinski definition) is 3. The Morgan fingerprint density at radius 2 is 2.10 bits per heavy atom. The fraction of sp³-hybridized carbons (Fsp3) is 0.375. The molecule has 2 rings (SSSR count). The normalized spacial score (nSPS) is 12.1. The van der Waals surface area contributed by atoms with Crippen LogP contribution in [0.25, 0.3) is 0 Å². The highest BCUT2D eigenvalue weighted by atomic mass is 16.1. The van der Waals surface area contributed by atoms with Crippen LogP contribution in [0.15, 0.2) is 36.5 Å². The molecule has 1 unspecified atom stereocenters. The van der Waals surface area contributed by atoms with Crippen molar-refractivity contribution >= 4 is 5.91 Å². The van der Waals surface area contributed by atoms with Crippen molar-refractivity contribution in [2.45, 2.75) is 25.8 Å². The fourth-order valence-corrected chi connectivity index (χ4v) is 2.29. The zero-order valence-corrected chi connectivity index (χ0v) is 12.5. The van der Waals surface area contributed by atoms with Gasteiger partial charge in [0.2, 0.25) is 0 Å². The lowest BCUT2D eigenvalue weighted by molar-refractivity contribution is 0.0951. The van der Waals surface area contributed by atoms with Crippen LogP contribution in [0, 0.1) is 0 Å². The highest BCUT2D eigenvalue weighted by Gasteiger charge is 2.14. The van der Waals surface area contributed by atoms with Crippen LogP contribution in [0.5, 0.6) is 0 Å². The molecule has 1 atom stereocenters. The molecule has 5 nitrogen and oxygen atoms in total. The Morgan fingerprint density at radius 3 is 2.76 bits per heavy atom. The van der Waals surface area contributed by atoms with Crippen LogP contribution >= 0.6 is 0 Å². The third kappa shape index (κ3) is 3.92. The number of aromatic nitrogens is 2. The number of carbonyl (C=O) groups is 1. The predicted molar refractivity (Wildman–Crippen MR) is 82.9 cm³/mol. The summed E-state index contributed by atoms with van der Waals surface area (Å²) in [6, 6.07) is 9.85. The first kappa shape index (κ1) is 15.3. The maximum absolute atomic E-state index is 12.2. The molecular weight excluding hydrogens is 264 g/mol. The summed E-state index contributed by atoms with van der Waals surface area (Å²) in [5.74, 6) is -0.0831. The van der Waals surface area contributed by atoms with E-state index in [2.05, 4.69) is 10.4 Å². The van der Waals surface area contributed by atoms with Crippen molar-refractivity contribution in [2.75, 3.05) is 6.54 Å². The molecule has 0 aliphatic carbocycles. The molecule has 112 valence electrons. The van der Waals surface area contributed by atoms with Crippen molar-refractivity contribution in [1.29, 1.82) is 0 Å². The second kappa shape index (κ2) is 7.04. The number of rotatable bonds is 6. The lowest BCUT2D eigenvalue weighted by atomic mass is 10.0. The molecule has 1 heterocycles. The standard InChI is InChI=1S/C16H22N4O/c1-3-15-13(11-20(2)19-15)16(21)18-10-9-14(17)12-7-5-4-6-8-12/h4-8,11,14H,3,9-10,17H2,1-2H3,(H,18,21). The topological polar surface area (TPSA) is 72.9 Å². The van der Waals surface area contributed by atoms with Gasteiger partial charge in [-0.05, 0) is 18.4 Å². The molecule has 0 spiro atoms. The zero-order valence-electron chi connectivity index (χ0n) is 12.5. The van der Waals surface area contributed by atoms with Crippen molar-refractivity contribution in [3.8, 4) is 0 Å². The Bertz CT molecular complexity index is 592. The SMILES string of the molecule is CCc1nn(C)cc1C(=O)NCCC(N)c1ccccc1. The van der Waals surface area contributed by atoms with Gasteiger partial charge in [0.05, 0.1) is 11.3 Å². The van der Waals surface area contributed by atoms with Gasteiger partial charge in [0, 0.05) is 25.8 Å². The Morgan fingerprint density at radius 1 is 1.38 bits per heavy atom. The average Bonchev–Trinajstić information content (AvgIpc) is 2.89. The van der Waals surface area contributed by atoms with Gasteiger partial charge < -0.3 is 11.1 Å². The largest absolute Gasteiger partial charge is 0.352 e. The number of nitrogens with two attached hydrogens (primary N) is 1. The van der Waals surface area contributed by atoms with Crippen LogP contribution < -0.4 is 11.1 Å². The summed E-state index contributed by atoms with van der Waals surface area (Å²) in [5, 5.41) is 7.19. The van der Waals surface area contributed by atoms with Gasteiger partial charge in [-0.2, -0.15) is 5.10 Å². The van der Waals surface area contributed by atoms with Crippen LogP contribution in [-0.4, -0.2) is 22.2 Å². The first-order valence-corrected chi connectivity index (χ1v) is 7.23. The van der Waals surface area contributed by atoms with E-state index in [1.54, 1.807) is 10.9 Å². The number of amides is 1. The molecule has 0 aliphatic rings. The van der Waals surface area contributed by atoms with Crippen LogP contribution in [0.2, 0.25) is 0 Å². The zero-order chi connectivity index (χ0) is 15.2. The second-order valence-electron chi connectivity index (χ2n) is 5.08. The minimum atomic E-state index is -0.0831. The second-order valence-corrected chi connectivity index (χ2v) is 5.08. The minimum Gasteiger partial charge on any atom is -0.352 e. The number of hydrogen-bond donors (Lipinski definition) is 2. The van der Waals surface area contributed by atoms with E-state index in [4.69, 9.17) is 5.73 Å². The van der Waals surface area contributed by atoms with Gasteiger partial charge in [0.1, 0.15) is 0 Å². The number of benzene rings is 1. The molecule has 0 fully saturated rings. The Labute approximate surface area is 125 Å². The minimum absolute atomic E-state index is 0.0638. The number of nitrogens with zero attached hydrogens (tertiary/aromatic N) is 2. The molecule has 0 aliphatic heterocycles. The molecule has 0 bridgehead atoms. The van der Waals surface area contributed by atoms with Gasteiger partial charge in [-0.3, -0.25) is 9.48 Å². The van der Waals surface area contributed by atoms with Gasteiger partial charge in [-0.1, -0.05) is 37.3 Å². The first-order valence-electron chi connectivity index (χ1n) is 7.23. The van der Waals surface area contributed by atoms with Crippen molar-refractivity contribution in [3.05, 3.63) is 53.3 Å². The molecule has 0 saturated carbocycles. The molecule has 0 radical (unpaired) electrons. The first-order chi connectivity index (χ1) is 10.1. The molecular formula is C16H22N4O. The molecule has 3 N–H and O–H groups in total. The summed E-state index contributed by atoms with van der Waals surface area (Å²) in [6.07, 6.45) is 3.20. The Hall–Kier alpha value is -2.14. The molecule has 1 aromatic carbocycles. The third-order valence-corrected chi connectivity index (χ3v) is 3.45. The monoisotopic (exact) mass is 286 g/mol. The van der Waals surface area contributed by atoms with Gasteiger partial charge in [0.15, 0.2) is 0 Å². The summed E-state index contributed by atoms with van der Waals surface area (Å²) in [6.45, 7) is 2.54. The number of aryl methyl sites for hydroxylation is 2. The van der Waals surface area contributed by atoms with Gasteiger partial charge >= 0.3 is 0 Å². The predicted octanol–water partition coefficient (Wildman–Crippen LogP) is 1.80. The van der Waals surface area contributed by atoms with Crippen LogP contribution in [0.3, 0.4) is 0 Å². The molecule has 21 heavy (non-hydrogen) atoms. The highest BCUT2D eigenvalue weighted by molar-refractivity contribution is 5.95. The quantitative estimate of drug-likeness (QED) is 0.850. The van der Waals surface area contributed by atoms with E-state index in [9.17, 15) is 4.79 Å². The molecule has 1 aromatic heterocycles. The summed E-state index contributed by atoms with van der Waals surface area (Å²) in [5.41, 5.74) is 8.67. The van der Waals surface area contributed by atoms with Crippen molar-refractivity contribution in [3.63, 3.8) is 0 Å². The summed E-state index contributed by atoms with van der Waals surface area (Å²) in [7, 11) is 1.82. The van der Waals surface area contributed by atoms with E-state index in [-0.39, 0.29) is 11.9 Å². The fourth-order valence-electron chi connectivity index (χ4n) is 2.29. The van der Waals surface area contributed by atoms with E-state index in [0.29, 0.717) is 18.5 Å². The average molecular weight is 286 g/mol. The summed E-state index contributed by atoms with van der Waals surface area (Å²) in [4.78, 5) is 12.2. The van der Waals surface area contributed by atoms with E-state index in [0.717, 1.165) is 17.7 Å². The summed E-state index contributed by atoms with van der Waals surface area (Å²) < 4.78 is 1.67. The molecule has 1 amide bonds. The summed E-state index contributed by atoms with van der Waals surface area (Å²) >= 11 is 0. The van der Waals surface area contributed by atoms with Gasteiger partial charge in [-0.25, -0.2) is 0 Å². The van der Waals surface area contributed by atoms with Crippen LogP contribution in [-0.2, 0) is 13.5 Å². The number of nitrogens with one attached hydrogen (secondary N) is 1. The lowest BCUT2D eigenvalue weighted by Gasteiger charge is -2.12. The van der Waals surface area contributed by atoms with Crippen molar-refractivity contribution in [1.82, 2.24) is 15.1 Å². The van der Waals surface area contributed by atoms with E-state index < -0.39 is 0 Å². The van der Waals surface area contributed by atoms with E-state index in [1.165, 1.54) is 0 Å². The third-order valence-electron chi connectivity index (χ3n) is 3.45. The Balaban J connectivity index is 1.87. The van der Waals surface area contributed by atoms with E-state index >= 15 is 0 Å². The van der Waals surface area contributed by atoms with Crippen LogP contribution in [0.4, 0.5) is 0 Å². The van der Waals surface area contributed by atoms with E-state index in [1.807, 2.05) is 44.3 Å². The molecule has 2 aromatic rings. The highest BCUT2D eigenvalue weighted by Crippen LogP contribution is 2.12. The smallest absolute Gasteiger partial charge is 0.254 e. The van der Waals surface area contributed by atoms with Gasteiger partial charge in [-0.15, -0.1) is 0 Å². The van der Waals surface area contributed by atoms with Crippen molar-refractivity contribution < 1.29 is 4.79 Å². The maximum Gasteiger partial charge on any atom is 0.254 e. The van der Waals surface area contributed by atoms with Gasteiger partial charge in [0.25, 0.3) is 5.91 Å². The molecule has 0 saturated heterocycles. The molecule has 5 heteroatoms.